The first kappa shape index (κ1) is 18.2. The first-order valence-corrected chi connectivity index (χ1v) is 9.80. The van der Waals surface area contributed by atoms with Crippen LogP contribution < -0.4 is 0 Å². The largest absolute Gasteiger partial charge is 0.378 e. The molecule has 1 aromatic carbocycles. The van der Waals surface area contributed by atoms with Crippen LogP contribution >= 0.6 is 11.3 Å². The van der Waals surface area contributed by atoms with Crippen molar-refractivity contribution in [2.24, 2.45) is 0 Å². The summed E-state index contributed by atoms with van der Waals surface area (Å²) in [6.45, 7) is 3.73. The number of aromatic nitrogens is 3. The summed E-state index contributed by atoms with van der Waals surface area (Å²) < 4.78 is 11.3. The SMILES string of the molecule is CN(C)Cc1cnc(CN2CCOCC2c2nc(-c3ccccc3)no2)s1. The van der Waals surface area contributed by atoms with Gasteiger partial charge in [-0.2, -0.15) is 4.98 Å². The van der Waals surface area contributed by atoms with Crippen LogP contribution in [0.4, 0.5) is 0 Å². The Morgan fingerprint density at radius 1 is 1.26 bits per heavy atom. The number of hydrogen-bond donors (Lipinski definition) is 0. The number of hydrogen-bond acceptors (Lipinski definition) is 8. The number of morpholine rings is 1. The van der Waals surface area contributed by atoms with Gasteiger partial charge in [0.15, 0.2) is 0 Å². The van der Waals surface area contributed by atoms with Crippen molar-refractivity contribution in [1.29, 1.82) is 0 Å². The molecule has 1 saturated heterocycles. The molecule has 0 bridgehead atoms. The van der Waals surface area contributed by atoms with Crippen molar-refractivity contribution in [3.05, 3.63) is 52.3 Å². The van der Waals surface area contributed by atoms with Crippen LogP contribution in [0.3, 0.4) is 0 Å². The van der Waals surface area contributed by atoms with Crippen molar-refractivity contribution >= 4 is 11.3 Å². The fourth-order valence-corrected chi connectivity index (χ4v) is 4.18. The minimum absolute atomic E-state index is 0.0510. The lowest BCUT2D eigenvalue weighted by Gasteiger charge is -2.32. The molecule has 3 aromatic rings. The number of benzene rings is 1. The van der Waals surface area contributed by atoms with E-state index in [1.165, 1.54) is 4.88 Å². The molecule has 1 unspecified atom stereocenters. The Bertz CT molecular complexity index is 864. The molecule has 4 rings (SSSR count). The van der Waals surface area contributed by atoms with Crippen LogP contribution in [0.2, 0.25) is 0 Å². The van der Waals surface area contributed by atoms with Crippen LogP contribution in [-0.4, -0.2) is 58.8 Å². The molecule has 1 aliphatic rings. The molecule has 0 radical (unpaired) electrons. The van der Waals surface area contributed by atoms with Gasteiger partial charge in [-0.05, 0) is 14.1 Å². The quantitative estimate of drug-likeness (QED) is 0.646. The van der Waals surface area contributed by atoms with Gasteiger partial charge in [0.25, 0.3) is 0 Å². The fraction of sp³-hybridized carbons (Fsp3) is 0.421. The third kappa shape index (κ3) is 4.41. The van der Waals surface area contributed by atoms with Crippen LogP contribution in [0.15, 0.2) is 41.1 Å². The minimum atomic E-state index is -0.0510. The Morgan fingerprint density at radius 3 is 2.93 bits per heavy atom. The van der Waals surface area contributed by atoms with Gasteiger partial charge in [-0.25, -0.2) is 4.98 Å². The lowest BCUT2D eigenvalue weighted by atomic mass is 10.2. The van der Waals surface area contributed by atoms with Crippen LogP contribution in [0.1, 0.15) is 21.8 Å². The fourth-order valence-electron chi connectivity index (χ4n) is 3.11. The highest BCUT2D eigenvalue weighted by Gasteiger charge is 2.30. The molecule has 0 saturated carbocycles. The Hall–Kier alpha value is -2.13. The molecule has 0 N–H and O–H groups in total. The second-order valence-electron chi connectivity index (χ2n) is 6.84. The van der Waals surface area contributed by atoms with Gasteiger partial charge in [0.1, 0.15) is 11.0 Å². The van der Waals surface area contributed by atoms with Gasteiger partial charge < -0.3 is 14.2 Å². The van der Waals surface area contributed by atoms with Crippen molar-refractivity contribution < 1.29 is 9.26 Å². The molecule has 0 amide bonds. The Labute approximate surface area is 162 Å². The molecule has 27 heavy (non-hydrogen) atoms. The van der Waals surface area contributed by atoms with Gasteiger partial charge in [0.05, 0.1) is 19.8 Å². The minimum Gasteiger partial charge on any atom is -0.378 e. The van der Waals surface area contributed by atoms with Crippen LogP contribution in [0, 0.1) is 0 Å². The third-order valence-corrected chi connectivity index (χ3v) is 5.38. The first-order chi connectivity index (χ1) is 13.2. The summed E-state index contributed by atoms with van der Waals surface area (Å²) in [6.07, 6.45) is 1.97. The summed E-state index contributed by atoms with van der Waals surface area (Å²) in [6, 6.07) is 9.81. The zero-order valence-electron chi connectivity index (χ0n) is 15.5. The predicted molar refractivity (Wildman–Crippen MR) is 103 cm³/mol. The first-order valence-electron chi connectivity index (χ1n) is 8.98. The van der Waals surface area contributed by atoms with Crippen molar-refractivity contribution in [3.63, 3.8) is 0 Å². The molecule has 3 heterocycles. The van der Waals surface area contributed by atoms with Crippen LogP contribution in [0.5, 0.6) is 0 Å². The number of rotatable bonds is 6. The Balaban J connectivity index is 1.49. The number of ether oxygens (including phenoxy) is 1. The molecule has 1 aliphatic heterocycles. The molecule has 2 aromatic heterocycles. The average molecular weight is 385 g/mol. The highest BCUT2D eigenvalue weighted by atomic mass is 32.1. The lowest BCUT2D eigenvalue weighted by Crippen LogP contribution is -2.39. The van der Waals surface area contributed by atoms with E-state index in [0.717, 1.165) is 30.2 Å². The molecular formula is C19H23N5O2S. The molecule has 0 spiro atoms. The van der Waals surface area contributed by atoms with E-state index in [2.05, 4.69) is 39.0 Å². The van der Waals surface area contributed by atoms with E-state index < -0.39 is 0 Å². The molecule has 142 valence electrons. The van der Waals surface area contributed by atoms with Gasteiger partial charge in [0, 0.05) is 29.7 Å². The van der Waals surface area contributed by atoms with Crippen LogP contribution in [0.25, 0.3) is 11.4 Å². The summed E-state index contributed by atoms with van der Waals surface area (Å²) >= 11 is 1.75. The maximum absolute atomic E-state index is 5.68. The summed E-state index contributed by atoms with van der Waals surface area (Å²) in [5.41, 5.74) is 0.948. The van der Waals surface area contributed by atoms with Crippen LogP contribution in [-0.2, 0) is 17.8 Å². The maximum atomic E-state index is 5.68. The van der Waals surface area contributed by atoms with Gasteiger partial charge >= 0.3 is 0 Å². The van der Waals surface area contributed by atoms with Crippen molar-refractivity contribution in [2.75, 3.05) is 33.9 Å². The summed E-state index contributed by atoms with van der Waals surface area (Å²) in [5, 5.41) is 5.25. The second kappa shape index (κ2) is 8.26. The van der Waals surface area contributed by atoms with Crippen molar-refractivity contribution in [2.45, 2.75) is 19.1 Å². The topological polar surface area (TPSA) is 67.5 Å². The molecule has 1 atom stereocenters. The van der Waals surface area contributed by atoms with E-state index in [0.29, 0.717) is 24.9 Å². The van der Waals surface area contributed by atoms with Gasteiger partial charge in [-0.1, -0.05) is 35.5 Å². The van der Waals surface area contributed by atoms with Gasteiger partial charge in [-0.15, -0.1) is 11.3 Å². The normalized spacial score (nSPS) is 18.3. The van der Waals surface area contributed by atoms with E-state index >= 15 is 0 Å². The summed E-state index contributed by atoms with van der Waals surface area (Å²) in [5.74, 6) is 1.21. The van der Waals surface area contributed by atoms with E-state index in [-0.39, 0.29) is 6.04 Å². The van der Waals surface area contributed by atoms with Crippen molar-refractivity contribution in [1.82, 2.24) is 24.9 Å². The zero-order valence-corrected chi connectivity index (χ0v) is 16.4. The van der Waals surface area contributed by atoms with Gasteiger partial charge in [0.2, 0.25) is 11.7 Å². The standard InChI is InChI=1S/C19H23N5O2S/c1-23(2)11-15-10-20-17(27-15)12-24-8-9-25-13-16(24)19-21-18(22-26-19)14-6-4-3-5-7-14/h3-7,10,16H,8-9,11-13H2,1-2H3. The molecule has 8 heteroatoms. The Morgan fingerprint density at radius 2 is 2.11 bits per heavy atom. The molecule has 7 nitrogen and oxygen atoms in total. The van der Waals surface area contributed by atoms with Gasteiger partial charge in [-0.3, -0.25) is 4.90 Å². The molecule has 0 aliphatic carbocycles. The van der Waals surface area contributed by atoms with E-state index in [9.17, 15) is 0 Å². The summed E-state index contributed by atoms with van der Waals surface area (Å²) in [7, 11) is 4.13. The van der Waals surface area contributed by atoms with Crippen molar-refractivity contribution in [3.8, 4) is 11.4 Å². The second-order valence-corrected chi connectivity index (χ2v) is 8.04. The van der Waals surface area contributed by atoms with E-state index in [1.807, 2.05) is 36.5 Å². The predicted octanol–water partition coefficient (Wildman–Crippen LogP) is 2.83. The maximum Gasteiger partial charge on any atom is 0.246 e. The Kier molecular flexibility index (Phi) is 5.58. The lowest BCUT2D eigenvalue weighted by molar-refractivity contribution is -0.0241. The highest BCUT2D eigenvalue weighted by molar-refractivity contribution is 7.11. The van der Waals surface area contributed by atoms with E-state index in [4.69, 9.17) is 9.26 Å². The van der Waals surface area contributed by atoms with E-state index in [1.54, 1.807) is 11.3 Å². The molecular weight excluding hydrogens is 362 g/mol. The average Bonchev–Trinajstić information content (AvgIpc) is 3.32. The zero-order chi connectivity index (χ0) is 18.6. The smallest absolute Gasteiger partial charge is 0.246 e. The third-order valence-electron chi connectivity index (χ3n) is 4.41. The monoisotopic (exact) mass is 385 g/mol. The summed E-state index contributed by atoms with van der Waals surface area (Å²) in [4.78, 5) is 14.9. The molecule has 1 fully saturated rings. The number of thiazole rings is 1. The number of nitrogens with zero attached hydrogens (tertiary/aromatic N) is 5. The highest BCUT2D eigenvalue weighted by Crippen LogP contribution is 2.28.